The van der Waals surface area contributed by atoms with Gasteiger partial charge in [-0.05, 0) is 48.5 Å². The molecule has 0 spiro atoms. The number of carbonyl (C=O) groups is 1. The summed E-state index contributed by atoms with van der Waals surface area (Å²) in [5.41, 5.74) is -0.286. The van der Waals surface area contributed by atoms with Crippen molar-refractivity contribution in [2.24, 2.45) is 0 Å². The molecule has 0 radical (unpaired) electrons. The zero-order chi connectivity index (χ0) is 25.2. The van der Waals surface area contributed by atoms with Gasteiger partial charge in [-0.1, -0.05) is 12.1 Å². The Hall–Kier alpha value is -4.32. The van der Waals surface area contributed by atoms with Crippen LogP contribution in [-0.2, 0) is 21.4 Å². The quantitative estimate of drug-likeness (QED) is 0.359. The van der Waals surface area contributed by atoms with Crippen molar-refractivity contribution in [1.29, 1.82) is 0 Å². The van der Waals surface area contributed by atoms with Gasteiger partial charge in [0.05, 0.1) is 10.9 Å². The predicted molar refractivity (Wildman–Crippen MR) is 126 cm³/mol. The molecule has 4 aromatic rings. The molecule has 4 rings (SSSR count). The first-order valence-corrected chi connectivity index (χ1v) is 11.7. The predicted octanol–water partition coefficient (Wildman–Crippen LogP) is 2.80. The van der Waals surface area contributed by atoms with E-state index in [0.717, 1.165) is 12.1 Å². The Morgan fingerprint density at radius 1 is 0.943 bits per heavy atom. The fraction of sp³-hybridized carbons (Fsp3) is 0.0870. The molecule has 12 heteroatoms. The van der Waals surface area contributed by atoms with E-state index in [4.69, 9.17) is 0 Å². The largest absolute Gasteiger partial charge is 0.328 e. The van der Waals surface area contributed by atoms with Crippen LogP contribution in [0.1, 0.15) is 6.42 Å². The van der Waals surface area contributed by atoms with Gasteiger partial charge in [-0.15, -0.1) is 0 Å². The Morgan fingerprint density at radius 2 is 1.63 bits per heavy atom. The maximum Gasteiger partial charge on any atom is 0.328 e. The molecule has 0 aliphatic heterocycles. The number of H-pyrrole nitrogens is 1. The number of halogens is 2. The second-order valence-corrected chi connectivity index (χ2v) is 9.13. The second-order valence-electron chi connectivity index (χ2n) is 7.48. The van der Waals surface area contributed by atoms with Crippen molar-refractivity contribution in [3.05, 3.63) is 99.2 Å². The van der Waals surface area contributed by atoms with Crippen LogP contribution in [0.3, 0.4) is 0 Å². The Morgan fingerprint density at radius 3 is 2.34 bits per heavy atom. The van der Waals surface area contributed by atoms with Crippen LogP contribution >= 0.6 is 0 Å². The molecule has 35 heavy (non-hydrogen) atoms. The summed E-state index contributed by atoms with van der Waals surface area (Å²) in [6.07, 6.45) is -0.0752. The summed E-state index contributed by atoms with van der Waals surface area (Å²) < 4.78 is 55.1. The number of rotatable bonds is 7. The second kappa shape index (κ2) is 9.50. The number of aryl methyl sites for hydroxylation is 1. The zero-order valence-electron chi connectivity index (χ0n) is 17.9. The maximum atomic E-state index is 13.8. The lowest BCUT2D eigenvalue weighted by atomic mass is 10.2. The highest BCUT2D eigenvalue weighted by atomic mass is 32.2. The summed E-state index contributed by atoms with van der Waals surface area (Å²) in [6.45, 7) is 0.0169. The van der Waals surface area contributed by atoms with Crippen molar-refractivity contribution in [2.75, 3.05) is 10.0 Å². The highest BCUT2D eigenvalue weighted by Crippen LogP contribution is 2.21. The standard InChI is InChI=1S/C23H18F2N4O5S/c24-14-5-10-20(18(25)13-14)35(33,34)28-16-8-6-15(7-9-16)26-21(30)11-12-29-19-4-2-1-3-17(19)22(31)27-23(29)32/h1-10,13,28H,11-12H2,(H,26,30)(H,27,31,32). The Balaban J connectivity index is 1.41. The lowest BCUT2D eigenvalue weighted by molar-refractivity contribution is -0.116. The van der Waals surface area contributed by atoms with Gasteiger partial charge in [-0.25, -0.2) is 22.0 Å². The van der Waals surface area contributed by atoms with Crippen molar-refractivity contribution in [3.8, 4) is 0 Å². The summed E-state index contributed by atoms with van der Waals surface area (Å²) in [7, 11) is -4.30. The van der Waals surface area contributed by atoms with E-state index in [0.29, 0.717) is 22.7 Å². The minimum atomic E-state index is -4.30. The number of amides is 1. The molecule has 9 nitrogen and oxygen atoms in total. The van der Waals surface area contributed by atoms with Crippen molar-refractivity contribution < 1.29 is 22.0 Å². The monoisotopic (exact) mass is 500 g/mol. The van der Waals surface area contributed by atoms with Crippen LogP contribution in [0.5, 0.6) is 0 Å². The number of benzene rings is 3. The van der Waals surface area contributed by atoms with E-state index in [9.17, 15) is 31.6 Å². The van der Waals surface area contributed by atoms with Crippen LogP contribution in [0, 0.1) is 11.6 Å². The number of hydrogen-bond acceptors (Lipinski definition) is 5. The molecule has 3 aromatic carbocycles. The van der Waals surface area contributed by atoms with Crippen LogP contribution in [0.15, 0.2) is 81.2 Å². The third kappa shape index (κ3) is 5.27. The van der Waals surface area contributed by atoms with Gasteiger partial charge in [0.15, 0.2) is 0 Å². The van der Waals surface area contributed by atoms with E-state index in [1.165, 1.54) is 28.8 Å². The highest BCUT2D eigenvalue weighted by Gasteiger charge is 2.19. The van der Waals surface area contributed by atoms with E-state index in [1.54, 1.807) is 24.3 Å². The van der Waals surface area contributed by atoms with E-state index in [-0.39, 0.29) is 18.7 Å². The average Bonchev–Trinajstić information content (AvgIpc) is 2.80. The fourth-order valence-electron chi connectivity index (χ4n) is 3.43. The van der Waals surface area contributed by atoms with Crippen LogP contribution in [-0.4, -0.2) is 23.9 Å². The summed E-state index contributed by atoms with van der Waals surface area (Å²) >= 11 is 0. The first kappa shape index (κ1) is 23.8. The third-order valence-electron chi connectivity index (χ3n) is 5.07. The summed E-state index contributed by atoms with van der Waals surface area (Å²) in [5.74, 6) is -2.55. The van der Waals surface area contributed by atoms with Gasteiger partial charge >= 0.3 is 5.69 Å². The number of hydrogen-bond donors (Lipinski definition) is 3. The van der Waals surface area contributed by atoms with E-state index in [1.807, 2.05) is 0 Å². The number of anilines is 2. The molecule has 0 aliphatic carbocycles. The smallest absolute Gasteiger partial charge is 0.326 e. The Bertz CT molecular complexity index is 1650. The number of aromatic amines is 1. The van der Waals surface area contributed by atoms with Gasteiger partial charge in [-0.2, -0.15) is 0 Å². The number of para-hydroxylation sites is 1. The van der Waals surface area contributed by atoms with E-state index < -0.39 is 43.7 Å². The summed E-state index contributed by atoms with van der Waals surface area (Å²) in [5, 5.41) is 2.95. The first-order valence-electron chi connectivity index (χ1n) is 10.2. The minimum Gasteiger partial charge on any atom is -0.326 e. The van der Waals surface area contributed by atoms with E-state index in [2.05, 4.69) is 15.0 Å². The van der Waals surface area contributed by atoms with Crippen molar-refractivity contribution in [2.45, 2.75) is 17.9 Å². The fourth-order valence-corrected chi connectivity index (χ4v) is 4.55. The van der Waals surface area contributed by atoms with Crippen LogP contribution in [0.2, 0.25) is 0 Å². The van der Waals surface area contributed by atoms with Crippen LogP contribution < -0.4 is 21.3 Å². The maximum absolute atomic E-state index is 13.8. The molecule has 0 saturated heterocycles. The van der Waals surface area contributed by atoms with Crippen molar-refractivity contribution in [3.63, 3.8) is 0 Å². The number of aromatic nitrogens is 2. The molecule has 0 unspecified atom stereocenters. The lowest BCUT2D eigenvalue weighted by Gasteiger charge is -2.11. The van der Waals surface area contributed by atoms with Gasteiger partial charge in [0, 0.05) is 30.4 Å². The normalized spacial score (nSPS) is 11.4. The highest BCUT2D eigenvalue weighted by molar-refractivity contribution is 7.92. The molecule has 0 atom stereocenters. The number of nitrogens with zero attached hydrogens (tertiary/aromatic N) is 1. The molecule has 180 valence electrons. The van der Waals surface area contributed by atoms with E-state index >= 15 is 0 Å². The van der Waals surface area contributed by atoms with Crippen molar-refractivity contribution in [1.82, 2.24) is 9.55 Å². The molecule has 0 bridgehead atoms. The molecule has 0 saturated carbocycles. The number of sulfonamides is 1. The van der Waals surface area contributed by atoms with Crippen molar-refractivity contribution >= 4 is 38.2 Å². The van der Waals surface area contributed by atoms with Gasteiger partial charge in [0.1, 0.15) is 16.5 Å². The van der Waals surface area contributed by atoms with Gasteiger partial charge < -0.3 is 5.32 Å². The van der Waals surface area contributed by atoms with Crippen LogP contribution in [0.4, 0.5) is 20.2 Å². The molecular weight excluding hydrogens is 482 g/mol. The molecule has 1 heterocycles. The van der Waals surface area contributed by atoms with Crippen LogP contribution in [0.25, 0.3) is 10.9 Å². The number of nitrogens with one attached hydrogen (secondary N) is 3. The minimum absolute atomic E-state index is 0.0169. The molecular formula is C23H18F2N4O5S. The average molecular weight is 500 g/mol. The summed E-state index contributed by atoms with van der Waals surface area (Å²) in [4.78, 5) is 38.0. The molecule has 3 N–H and O–H groups in total. The molecule has 1 amide bonds. The molecule has 0 aliphatic rings. The first-order chi connectivity index (χ1) is 16.6. The lowest BCUT2D eigenvalue weighted by Crippen LogP contribution is -2.31. The molecule has 1 aromatic heterocycles. The van der Waals surface area contributed by atoms with Gasteiger partial charge in [-0.3, -0.25) is 23.9 Å². The summed E-state index contributed by atoms with van der Waals surface area (Å²) in [6, 6.07) is 14.2. The topological polar surface area (TPSA) is 130 Å². The zero-order valence-corrected chi connectivity index (χ0v) is 18.7. The van der Waals surface area contributed by atoms with Gasteiger partial charge in [0.25, 0.3) is 15.6 Å². The molecule has 0 fully saturated rings. The van der Waals surface area contributed by atoms with Gasteiger partial charge in [0.2, 0.25) is 5.91 Å². The third-order valence-corrected chi connectivity index (χ3v) is 6.49. The number of fused-ring (bicyclic) bond motifs is 1. The Labute approximate surface area is 197 Å². The SMILES string of the molecule is O=C(CCn1c(=O)[nH]c(=O)c2ccccc21)Nc1ccc(NS(=O)(=O)c2ccc(F)cc2F)cc1. The number of carbonyl (C=O) groups excluding carboxylic acids is 1. The Kier molecular flexibility index (Phi) is 6.47.